The molecular weight excluding hydrogens is 244 g/mol. The maximum Gasteiger partial charge on any atom is 0.121 e. The molecule has 0 radical (unpaired) electrons. The number of aliphatic hydroxyl groups is 1. The lowest BCUT2D eigenvalue weighted by Gasteiger charge is -2.13. The van der Waals surface area contributed by atoms with E-state index in [-0.39, 0.29) is 0 Å². The van der Waals surface area contributed by atoms with Crippen molar-refractivity contribution in [2.45, 2.75) is 26.4 Å². The normalized spacial score (nSPS) is 12.4. The van der Waals surface area contributed by atoms with Crippen LogP contribution in [0.3, 0.4) is 0 Å². The summed E-state index contributed by atoms with van der Waals surface area (Å²) in [7, 11) is 1.66. The molecule has 18 heavy (non-hydrogen) atoms. The second-order valence-corrected chi connectivity index (χ2v) is 5.24. The molecule has 0 spiro atoms. The highest BCUT2D eigenvalue weighted by Gasteiger charge is 2.16. The van der Waals surface area contributed by atoms with Crippen LogP contribution in [0.2, 0.25) is 0 Å². The first-order valence-electron chi connectivity index (χ1n) is 6.06. The van der Waals surface area contributed by atoms with E-state index in [4.69, 9.17) is 4.74 Å². The van der Waals surface area contributed by atoms with Crippen LogP contribution in [0.1, 0.15) is 34.6 Å². The zero-order valence-electron chi connectivity index (χ0n) is 10.9. The van der Waals surface area contributed by atoms with Crippen molar-refractivity contribution in [3.05, 3.63) is 51.2 Å². The van der Waals surface area contributed by atoms with Crippen molar-refractivity contribution in [1.82, 2.24) is 0 Å². The fourth-order valence-corrected chi connectivity index (χ4v) is 3.11. The Morgan fingerprint density at radius 2 is 2.11 bits per heavy atom. The molecule has 2 nitrogen and oxygen atoms in total. The van der Waals surface area contributed by atoms with Crippen molar-refractivity contribution in [3.63, 3.8) is 0 Å². The number of hydrogen-bond acceptors (Lipinski definition) is 3. The molecule has 1 N–H and O–H groups in total. The third-order valence-corrected chi connectivity index (χ3v) is 4.16. The van der Waals surface area contributed by atoms with Gasteiger partial charge in [0.2, 0.25) is 0 Å². The van der Waals surface area contributed by atoms with Crippen LogP contribution < -0.4 is 4.74 Å². The molecular formula is C15H18O2S. The molecule has 0 fully saturated rings. The smallest absolute Gasteiger partial charge is 0.121 e. The fourth-order valence-electron chi connectivity index (χ4n) is 2.10. The van der Waals surface area contributed by atoms with Crippen LogP contribution in [-0.2, 0) is 6.42 Å². The number of thiophene rings is 1. The first-order valence-corrected chi connectivity index (χ1v) is 6.94. The van der Waals surface area contributed by atoms with Crippen molar-refractivity contribution in [2.24, 2.45) is 0 Å². The lowest BCUT2D eigenvalue weighted by molar-refractivity contribution is 0.223. The van der Waals surface area contributed by atoms with Gasteiger partial charge in [-0.1, -0.05) is 13.0 Å². The predicted octanol–water partition coefficient (Wildman–Crippen LogP) is 3.71. The quantitative estimate of drug-likeness (QED) is 0.910. The molecule has 0 aliphatic heterocycles. The van der Waals surface area contributed by atoms with E-state index in [1.54, 1.807) is 18.4 Å². The molecule has 96 valence electrons. The van der Waals surface area contributed by atoms with Gasteiger partial charge in [0.1, 0.15) is 11.9 Å². The third-order valence-electron chi connectivity index (χ3n) is 3.14. The summed E-state index contributed by atoms with van der Waals surface area (Å²) in [5, 5.41) is 12.5. The van der Waals surface area contributed by atoms with E-state index in [1.165, 1.54) is 5.56 Å². The van der Waals surface area contributed by atoms with Crippen molar-refractivity contribution >= 4 is 11.3 Å². The Kier molecular flexibility index (Phi) is 4.04. The summed E-state index contributed by atoms with van der Waals surface area (Å²) in [4.78, 5) is 1.04. The number of benzene rings is 1. The molecule has 1 unspecified atom stereocenters. The van der Waals surface area contributed by atoms with Crippen molar-refractivity contribution < 1.29 is 9.84 Å². The van der Waals surface area contributed by atoms with Crippen molar-refractivity contribution in [1.29, 1.82) is 0 Å². The predicted molar refractivity (Wildman–Crippen MR) is 75.5 cm³/mol. The van der Waals surface area contributed by atoms with Crippen LogP contribution in [0.25, 0.3) is 0 Å². The zero-order valence-corrected chi connectivity index (χ0v) is 11.8. The first kappa shape index (κ1) is 13.1. The molecule has 0 amide bonds. The lowest BCUT2D eigenvalue weighted by Crippen LogP contribution is -2.01. The summed E-state index contributed by atoms with van der Waals surface area (Å²) in [5.74, 6) is 0.854. The van der Waals surface area contributed by atoms with Crippen LogP contribution >= 0.6 is 11.3 Å². The first-order chi connectivity index (χ1) is 8.67. The van der Waals surface area contributed by atoms with Gasteiger partial charge >= 0.3 is 0 Å². The standard InChI is InChI=1S/C15H18O2S/c1-4-11-7-8-18-15(11)14(16)12-5-6-13(17-3)10(2)9-12/h5-9,14,16H,4H2,1-3H3. The number of hydrogen-bond donors (Lipinski definition) is 1. The van der Waals surface area contributed by atoms with Crippen LogP contribution in [0.15, 0.2) is 29.6 Å². The number of rotatable bonds is 4. The molecule has 3 heteroatoms. The second-order valence-electron chi connectivity index (χ2n) is 4.30. The van der Waals surface area contributed by atoms with Gasteiger partial charge in [-0.15, -0.1) is 11.3 Å². The minimum atomic E-state index is -0.537. The monoisotopic (exact) mass is 262 g/mol. The Balaban J connectivity index is 2.34. The Hall–Kier alpha value is -1.32. The van der Waals surface area contributed by atoms with Gasteiger partial charge in [0, 0.05) is 4.88 Å². The van der Waals surface area contributed by atoms with E-state index < -0.39 is 6.10 Å². The molecule has 2 rings (SSSR count). The molecule has 0 aliphatic carbocycles. The summed E-state index contributed by atoms with van der Waals surface area (Å²) in [5.41, 5.74) is 3.19. The molecule has 0 aliphatic rings. The topological polar surface area (TPSA) is 29.5 Å². The maximum absolute atomic E-state index is 10.5. The van der Waals surface area contributed by atoms with Gasteiger partial charge in [0.25, 0.3) is 0 Å². The van der Waals surface area contributed by atoms with Gasteiger partial charge in [0.05, 0.1) is 7.11 Å². The molecule has 1 aromatic carbocycles. The van der Waals surface area contributed by atoms with Gasteiger partial charge in [-0.3, -0.25) is 0 Å². The average Bonchev–Trinajstić information content (AvgIpc) is 2.86. The van der Waals surface area contributed by atoms with Gasteiger partial charge < -0.3 is 9.84 Å². The number of aryl methyl sites for hydroxylation is 2. The number of ether oxygens (including phenoxy) is 1. The highest BCUT2D eigenvalue weighted by atomic mass is 32.1. The summed E-state index contributed by atoms with van der Waals surface area (Å²) in [6.07, 6.45) is 0.412. The fraction of sp³-hybridized carbons (Fsp3) is 0.333. The highest BCUT2D eigenvalue weighted by molar-refractivity contribution is 7.10. The van der Waals surface area contributed by atoms with E-state index >= 15 is 0 Å². The summed E-state index contributed by atoms with van der Waals surface area (Å²) >= 11 is 1.61. The molecule has 1 atom stereocenters. The van der Waals surface area contributed by atoms with E-state index in [2.05, 4.69) is 13.0 Å². The molecule has 0 saturated heterocycles. The molecule has 1 aromatic heterocycles. The number of aliphatic hydroxyl groups excluding tert-OH is 1. The zero-order chi connectivity index (χ0) is 13.1. The van der Waals surface area contributed by atoms with Crippen LogP contribution in [0.5, 0.6) is 5.75 Å². The Bertz CT molecular complexity index is 531. The van der Waals surface area contributed by atoms with Gasteiger partial charge in [0.15, 0.2) is 0 Å². The molecule has 2 aromatic rings. The van der Waals surface area contributed by atoms with Crippen LogP contribution in [-0.4, -0.2) is 12.2 Å². The summed E-state index contributed by atoms with van der Waals surface area (Å²) < 4.78 is 5.24. The lowest BCUT2D eigenvalue weighted by atomic mass is 10.0. The minimum absolute atomic E-state index is 0.537. The second kappa shape index (κ2) is 5.55. The molecule has 1 heterocycles. The Morgan fingerprint density at radius 3 is 2.72 bits per heavy atom. The van der Waals surface area contributed by atoms with E-state index in [0.29, 0.717) is 0 Å². The Morgan fingerprint density at radius 1 is 1.33 bits per heavy atom. The van der Waals surface area contributed by atoms with Crippen LogP contribution in [0.4, 0.5) is 0 Å². The Labute approximate surface area is 112 Å². The van der Waals surface area contributed by atoms with Gasteiger partial charge in [-0.25, -0.2) is 0 Å². The maximum atomic E-state index is 10.5. The van der Waals surface area contributed by atoms with Crippen molar-refractivity contribution in [2.75, 3.05) is 7.11 Å². The van der Waals surface area contributed by atoms with Crippen molar-refractivity contribution in [3.8, 4) is 5.75 Å². The largest absolute Gasteiger partial charge is 0.496 e. The number of methoxy groups -OCH3 is 1. The molecule has 0 bridgehead atoms. The van der Waals surface area contributed by atoms with E-state index in [9.17, 15) is 5.11 Å². The SMILES string of the molecule is CCc1ccsc1C(O)c1ccc(OC)c(C)c1. The van der Waals surface area contributed by atoms with E-state index in [1.807, 2.05) is 30.5 Å². The average molecular weight is 262 g/mol. The van der Waals surface area contributed by atoms with Gasteiger partial charge in [-0.2, -0.15) is 0 Å². The highest BCUT2D eigenvalue weighted by Crippen LogP contribution is 2.32. The van der Waals surface area contributed by atoms with Gasteiger partial charge in [-0.05, 0) is 53.6 Å². The summed E-state index contributed by atoms with van der Waals surface area (Å²) in [6.45, 7) is 4.10. The van der Waals surface area contributed by atoms with E-state index in [0.717, 1.165) is 28.2 Å². The third kappa shape index (κ3) is 2.42. The molecule has 0 saturated carbocycles. The van der Waals surface area contributed by atoms with Crippen LogP contribution in [0, 0.1) is 6.92 Å². The minimum Gasteiger partial charge on any atom is -0.496 e. The summed E-state index contributed by atoms with van der Waals surface area (Å²) in [6, 6.07) is 7.91.